The molecule has 2 atom stereocenters. The van der Waals surface area contributed by atoms with Crippen LogP contribution in [0.3, 0.4) is 0 Å². The Hall–Kier alpha value is -2.82. The lowest BCUT2D eigenvalue weighted by molar-refractivity contribution is 0.104. The Morgan fingerprint density at radius 3 is 2.67 bits per heavy atom. The van der Waals surface area contributed by atoms with Gasteiger partial charge in [0.2, 0.25) is 0 Å². The molecule has 5 nitrogen and oxygen atoms in total. The molecule has 1 unspecified atom stereocenters. The Balaban J connectivity index is 1.42. The van der Waals surface area contributed by atoms with Crippen molar-refractivity contribution in [2.24, 2.45) is 0 Å². The number of fused-ring (bicyclic) bond motifs is 2. The SMILES string of the molecule is O=C(/C=C/N1CC2C[C@@H]1CN2c1ccccn1)c1ccccc1O. The fourth-order valence-electron chi connectivity index (χ4n) is 3.62. The number of ketones is 1. The number of piperazine rings is 1. The number of phenolic OH excluding ortho intramolecular Hbond substituents is 1. The molecule has 5 heteroatoms. The molecular weight excluding hydrogens is 302 g/mol. The van der Waals surface area contributed by atoms with Gasteiger partial charge in [-0.15, -0.1) is 0 Å². The molecule has 24 heavy (non-hydrogen) atoms. The molecule has 0 amide bonds. The van der Waals surface area contributed by atoms with E-state index < -0.39 is 0 Å². The molecule has 122 valence electrons. The van der Waals surface area contributed by atoms with Gasteiger partial charge in [0.1, 0.15) is 11.6 Å². The number of hydrogen-bond acceptors (Lipinski definition) is 5. The number of benzene rings is 1. The number of phenols is 1. The van der Waals surface area contributed by atoms with Crippen LogP contribution in [0.2, 0.25) is 0 Å². The van der Waals surface area contributed by atoms with Crippen LogP contribution in [0.5, 0.6) is 5.75 Å². The zero-order valence-electron chi connectivity index (χ0n) is 13.2. The Morgan fingerprint density at radius 2 is 1.96 bits per heavy atom. The van der Waals surface area contributed by atoms with E-state index >= 15 is 0 Å². The summed E-state index contributed by atoms with van der Waals surface area (Å²) in [6.07, 6.45) is 6.34. The summed E-state index contributed by atoms with van der Waals surface area (Å²) in [5.41, 5.74) is 0.341. The topological polar surface area (TPSA) is 56.7 Å². The molecule has 1 aromatic carbocycles. The highest BCUT2D eigenvalue weighted by molar-refractivity contribution is 6.06. The van der Waals surface area contributed by atoms with E-state index in [-0.39, 0.29) is 11.5 Å². The maximum absolute atomic E-state index is 12.2. The van der Waals surface area contributed by atoms with Crippen molar-refractivity contribution in [3.63, 3.8) is 0 Å². The number of nitrogens with zero attached hydrogens (tertiary/aromatic N) is 3. The first kappa shape index (κ1) is 14.8. The molecule has 2 aliphatic heterocycles. The van der Waals surface area contributed by atoms with E-state index in [4.69, 9.17) is 0 Å². The van der Waals surface area contributed by atoms with Gasteiger partial charge >= 0.3 is 0 Å². The zero-order valence-corrected chi connectivity index (χ0v) is 13.2. The van der Waals surface area contributed by atoms with Crippen molar-refractivity contribution in [1.82, 2.24) is 9.88 Å². The monoisotopic (exact) mass is 321 g/mol. The van der Waals surface area contributed by atoms with E-state index in [2.05, 4.69) is 14.8 Å². The molecule has 0 saturated carbocycles. The molecule has 2 bridgehead atoms. The summed E-state index contributed by atoms with van der Waals surface area (Å²) >= 11 is 0. The minimum Gasteiger partial charge on any atom is -0.507 e. The summed E-state index contributed by atoms with van der Waals surface area (Å²) < 4.78 is 0. The molecule has 4 rings (SSSR count). The predicted octanol–water partition coefficient (Wildman–Crippen LogP) is 2.45. The van der Waals surface area contributed by atoms with Crippen LogP contribution in [-0.2, 0) is 0 Å². The molecule has 0 aliphatic carbocycles. The summed E-state index contributed by atoms with van der Waals surface area (Å²) in [5.74, 6) is 0.882. The minimum absolute atomic E-state index is 0.0245. The lowest BCUT2D eigenvalue weighted by Gasteiger charge is -2.34. The normalized spacial score (nSPS) is 22.5. The fourth-order valence-corrected chi connectivity index (χ4v) is 3.62. The number of aromatic hydroxyl groups is 1. The first-order valence-electron chi connectivity index (χ1n) is 8.16. The number of pyridine rings is 1. The van der Waals surface area contributed by atoms with E-state index in [9.17, 15) is 9.90 Å². The van der Waals surface area contributed by atoms with Crippen molar-refractivity contribution < 1.29 is 9.90 Å². The largest absolute Gasteiger partial charge is 0.507 e. The van der Waals surface area contributed by atoms with E-state index in [0.29, 0.717) is 17.6 Å². The summed E-state index contributed by atoms with van der Waals surface area (Å²) in [6.45, 7) is 1.82. The smallest absolute Gasteiger partial charge is 0.190 e. The first-order chi connectivity index (χ1) is 11.7. The van der Waals surface area contributed by atoms with Gasteiger partial charge in [0, 0.05) is 43.6 Å². The van der Waals surface area contributed by atoms with Crippen LogP contribution in [0.1, 0.15) is 16.8 Å². The number of para-hydroxylation sites is 1. The quantitative estimate of drug-likeness (QED) is 0.692. The van der Waals surface area contributed by atoms with Gasteiger partial charge in [-0.1, -0.05) is 18.2 Å². The number of anilines is 1. The second-order valence-corrected chi connectivity index (χ2v) is 6.28. The highest BCUT2D eigenvalue weighted by Crippen LogP contribution is 2.33. The first-order valence-corrected chi connectivity index (χ1v) is 8.16. The summed E-state index contributed by atoms with van der Waals surface area (Å²) in [6, 6.07) is 13.5. The van der Waals surface area contributed by atoms with Gasteiger partial charge < -0.3 is 14.9 Å². The summed E-state index contributed by atoms with van der Waals surface area (Å²) in [7, 11) is 0. The molecule has 3 heterocycles. The molecule has 1 aromatic heterocycles. The van der Waals surface area contributed by atoms with Gasteiger partial charge in [-0.2, -0.15) is 0 Å². The van der Waals surface area contributed by atoms with Crippen LogP contribution < -0.4 is 4.90 Å². The van der Waals surface area contributed by atoms with Crippen molar-refractivity contribution >= 4 is 11.6 Å². The van der Waals surface area contributed by atoms with E-state index in [1.807, 2.05) is 30.6 Å². The number of rotatable bonds is 4. The summed E-state index contributed by atoms with van der Waals surface area (Å²) in [5, 5.41) is 9.76. The van der Waals surface area contributed by atoms with Crippen molar-refractivity contribution in [2.75, 3.05) is 18.0 Å². The minimum atomic E-state index is -0.169. The highest BCUT2D eigenvalue weighted by atomic mass is 16.3. The highest BCUT2D eigenvalue weighted by Gasteiger charge is 2.42. The maximum atomic E-state index is 12.2. The number of likely N-dealkylation sites (tertiary alicyclic amines) is 1. The van der Waals surface area contributed by atoms with E-state index in [1.54, 1.807) is 24.3 Å². The van der Waals surface area contributed by atoms with Gasteiger partial charge in [0.05, 0.1) is 5.56 Å². The van der Waals surface area contributed by atoms with Crippen molar-refractivity contribution in [2.45, 2.75) is 18.5 Å². The van der Waals surface area contributed by atoms with Crippen LogP contribution in [0.4, 0.5) is 5.82 Å². The van der Waals surface area contributed by atoms with Crippen LogP contribution in [0, 0.1) is 0 Å². The molecule has 1 N–H and O–H groups in total. The molecule has 0 spiro atoms. The molecule has 2 saturated heterocycles. The van der Waals surface area contributed by atoms with Gasteiger partial charge in [0.15, 0.2) is 5.78 Å². The summed E-state index contributed by atoms with van der Waals surface area (Å²) in [4.78, 5) is 21.2. The molecule has 2 aromatic rings. The number of carbonyl (C=O) groups is 1. The number of allylic oxidation sites excluding steroid dienone is 1. The van der Waals surface area contributed by atoms with Crippen molar-refractivity contribution in [3.8, 4) is 5.75 Å². The number of carbonyl (C=O) groups excluding carboxylic acids is 1. The van der Waals surface area contributed by atoms with Crippen molar-refractivity contribution in [1.29, 1.82) is 0 Å². The average molecular weight is 321 g/mol. The molecule has 2 aliphatic rings. The molecular formula is C19H19N3O2. The Kier molecular flexibility index (Phi) is 3.69. The van der Waals surface area contributed by atoms with Gasteiger partial charge in [-0.25, -0.2) is 4.98 Å². The van der Waals surface area contributed by atoms with Gasteiger partial charge in [-0.05, 0) is 30.7 Å². The second kappa shape index (κ2) is 6.00. The van der Waals surface area contributed by atoms with Crippen LogP contribution >= 0.6 is 0 Å². The fraction of sp³-hybridized carbons (Fsp3) is 0.263. The number of hydrogen-bond donors (Lipinski definition) is 1. The average Bonchev–Trinajstić information content (AvgIpc) is 3.21. The Morgan fingerprint density at radius 1 is 1.12 bits per heavy atom. The third kappa shape index (κ3) is 2.62. The third-order valence-corrected chi connectivity index (χ3v) is 4.81. The van der Waals surface area contributed by atoms with E-state index in [1.165, 1.54) is 6.07 Å². The zero-order chi connectivity index (χ0) is 16.5. The van der Waals surface area contributed by atoms with Gasteiger partial charge in [0.25, 0.3) is 0 Å². The lowest BCUT2D eigenvalue weighted by atomic mass is 10.1. The number of aromatic nitrogens is 1. The Bertz CT molecular complexity index is 775. The lowest BCUT2D eigenvalue weighted by Crippen LogP contribution is -2.44. The van der Waals surface area contributed by atoms with Gasteiger partial charge in [-0.3, -0.25) is 4.79 Å². The third-order valence-electron chi connectivity index (χ3n) is 4.81. The van der Waals surface area contributed by atoms with Crippen LogP contribution in [0.25, 0.3) is 0 Å². The van der Waals surface area contributed by atoms with Crippen LogP contribution in [-0.4, -0.2) is 45.9 Å². The van der Waals surface area contributed by atoms with Crippen molar-refractivity contribution in [3.05, 3.63) is 66.5 Å². The standard InChI is InChI=1S/C19H19N3O2/c23-17-6-2-1-5-16(17)18(24)8-10-21-12-15-11-14(21)13-22(15)19-7-3-4-9-20-19/h1-10,14-15,23H,11-13H2/b10-8+/t14-,15?/m1/s1. The molecule has 2 fully saturated rings. The second-order valence-electron chi connectivity index (χ2n) is 6.28. The predicted molar refractivity (Wildman–Crippen MR) is 92.1 cm³/mol. The van der Waals surface area contributed by atoms with E-state index in [0.717, 1.165) is 25.3 Å². The Labute approximate surface area is 140 Å². The maximum Gasteiger partial charge on any atom is 0.190 e. The molecule has 0 radical (unpaired) electrons. The van der Waals surface area contributed by atoms with Crippen LogP contribution in [0.15, 0.2) is 60.9 Å².